The van der Waals surface area contributed by atoms with Crippen molar-refractivity contribution in [2.24, 2.45) is 0 Å². The van der Waals surface area contributed by atoms with Crippen molar-refractivity contribution in [2.45, 2.75) is 33.2 Å². The first-order valence-corrected chi connectivity index (χ1v) is 5.63. The molecule has 3 heteroatoms. The first-order valence-electron chi connectivity index (χ1n) is 5.63. The van der Waals surface area contributed by atoms with Gasteiger partial charge in [0.15, 0.2) is 0 Å². The maximum absolute atomic E-state index is 11.6. The summed E-state index contributed by atoms with van der Waals surface area (Å²) in [5.41, 5.74) is 3.03. The summed E-state index contributed by atoms with van der Waals surface area (Å²) >= 11 is 0. The van der Waals surface area contributed by atoms with E-state index in [0.29, 0.717) is 12.5 Å². The Labute approximate surface area is 94.7 Å². The average Bonchev–Trinajstić information content (AvgIpc) is 2.28. The topological polar surface area (TPSA) is 34.9 Å². The quantitative estimate of drug-likeness (QED) is 0.773. The molecule has 0 aliphatic rings. The summed E-state index contributed by atoms with van der Waals surface area (Å²) in [5.74, 6) is 0.480. The molecule has 0 amide bonds. The van der Waals surface area contributed by atoms with Gasteiger partial charge in [0.1, 0.15) is 0 Å². The molecular weight excluding hydrogens is 200 g/mol. The number of aromatic nitrogens is 2. The maximum Gasteiger partial charge on any atom is 0.269 e. The van der Waals surface area contributed by atoms with E-state index in [2.05, 4.69) is 31.0 Å². The van der Waals surface area contributed by atoms with Crippen molar-refractivity contribution >= 4 is 11.0 Å². The number of benzene rings is 1. The monoisotopic (exact) mass is 216 g/mol. The van der Waals surface area contributed by atoms with Crippen molar-refractivity contribution < 1.29 is 0 Å². The summed E-state index contributed by atoms with van der Waals surface area (Å²) in [5, 5.41) is 0. The number of rotatable bonds is 2. The Morgan fingerprint density at radius 1 is 1.38 bits per heavy atom. The number of hydrogen-bond acceptors (Lipinski definition) is 2. The molecule has 84 valence electrons. The van der Waals surface area contributed by atoms with Crippen LogP contribution in [0.1, 0.15) is 32.3 Å². The number of hydrogen-bond donors (Lipinski definition) is 0. The van der Waals surface area contributed by atoms with E-state index < -0.39 is 0 Å². The average molecular weight is 216 g/mol. The van der Waals surface area contributed by atoms with Gasteiger partial charge in [-0.25, -0.2) is 4.98 Å². The van der Waals surface area contributed by atoms with Gasteiger partial charge in [0.05, 0.1) is 17.2 Å². The summed E-state index contributed by atoms with van der Waals surface area (Å²) in [6.45, 7) is 6.95. The Hall–Kier alpha value is -1.64. The van der Waals surface area contributed by atoms with Gasteiger partial charge in [0.25, 0.3) is 5.56 Å². The van der Waals surface area contributed by atoms with Gasteiger partial charge in [-0.2, -0.15) is 0 Å². The minimum atomic E-state index is -0.0349. The molecule has 0 aliphatic heterocycles. The van der Waals surface area contributed by atoms with Gasteiger partial charge < -0.3 is 4.57 Å². The minimum absolute atomic E-state index is 0.0349. The minimum Gasteiger partial charge on any atom is -0.306 e. The molecule has 0 saturated carbocycles. The van der Waals surface area contributed by atoms with Crippen LogP contribution in [0.2, 0.25) is 0 Å². The maximum atomic E-state index is 11.6. The third-order valence-corrected chi connectivity index (χ3v) is 2.85. The molecule has 3 nitrogen and oxygen atoms in total. The van der Waals surface area contributed by atoms with Crippen molar-refractivity contribution in [3.63, 3.8) is 0 Å². The van der Waals surface area contributed by atoms with E-state index in [1.807, 2.05) is 13.0 Å². The standard InChI is InChI=1S/C13H16N2O/c1-4-15-12-6-5-10(9(2)3)7-11(12)14-8-13(15)16/h5-9H,4H2,1-3H3. The molecule has 1 aromatic carbocycles. The Balaban J connectivity index is 2.74. The lowest BCUT2D eigenvalue weighted by Crippen LogP contribution is -2.19. The Morgan fingerprint density at radius 3 is 2.75 bits per heavy atom. The largest absolute Gasteiger partial charge is 0.306 e. The van der Waals surface area contributed by atoms with Crippen LogP contribution in [0.4, 0.5) is 0 Å². The van der Waals surface area contributed by atoms with Crippen LogP contribution in [0.25, 0.3) is 11.0 Å². The second kappa shape index (κ2) is 4.08. The van der Waals surface area contributed by atoms with Crippen molar-refractivity contribution in [2.75, 3.05) is 0 Å². The van der Waals surface area contributed by atoms with Gasteiger partial charge in [-0.3, -0.25) is 4.79 Å². The molecule has 0 bridgehead atoms. The SMILES string of the molecule is CCn1c(=O)cnc2cc(C(C)C)ccc21. The van der Waals surface area contributed by atoms with Gasteiger partial charge in [-0.1, -0.05) is 19.9 Å². The normalized spacial score (nSPS) is 11.2. The van der Waals surface area contributed by atoms with E-state index in [4.69, 9.17) is 0 Å². The first kappa shape index (κ1) is 10.9. The number of fused-ring (bicyclic) bond motifs is 1. The van der Waals surface area contributed by atoms with Crippen molar-refractivity contribution in [1.82, 2.24) is 9.55 Å². The van der Waals surface area contributed by atoms with Crippen LogP contribution in [0, 0.1) is 0 Å². The highest BCUT2D eigenvalue weighted by atomic mass is 16.1. The molecule has 0 atom stereocenters. The first-order chi connectivity index (χ1) is 7.63. The Bertz CT molecular complexity index is 570. The molecule has 0 radical (unpaired) electrons. The molecule has 0 aliphatic carbocycles. The van der Waals surface area contributed by atoms with Crippen LogP contribution in [-0.2, 0) is 6.54 Å². The second-order valence-corrected chi connectivity index (χ2v) is 4.24. The van der Waals surface area contributed by atoms with Crippen LogP contribution in [-0.4, -0.2) is 9.55 Å². The number of aryl methyl sites for hydroxylation is 1. The fraction of sp³-hybridized carbons (Fsp3) is 0.385. The van der Waals surface area contributed by atoms with Crippen molar-refractivity contribution in [3.05, 3.63) is 40.3 Å². The van der Waals surface area contributed by atoms with E-state index in [1.54, 1.807) is 4.57 Å². The van der Waals surface area contributed by atoms with E-state index >= 15 is 0 Å². The fourth-order valence-electron chi connectivity index (χ4n) is 1.87. The summed E-state index contributed by atoms with van der Waals surface area (Å²) in [7, 11) is 0. The molecule has 1 heterocycles. The molecule has 1 aromatic heterocycles. The van der Waals surface area contributed by atoms with Crippen LogP contribution in [0.15, 0.2) is 29.2 Å². The lowest BCUT2D eigenvalue weighted by atomic mass is 10.0. The predicted octanol–water partition coefficient (Wildman–Crippen LogP) is 2.54. The summed E-state index contributed by atoms with van der Waals surface area (Å²) in [4.78, 5) is 15.8. The molecule has 2 aromatic rings. The van der Waals surface area contributed by atoms with Crippen LogP contribution >= 0.6 is 0 Å². The smallest absolute Gasteiger partial charge is 0.269 e. The molecule has 0 fully saturated rings. The zero-order valence-corrected chi connectivity index (χ0v) is 9.90. The Kier molecular flexibility index (Phi) is 2.77. The van der Waals surface area contributed by atoms with Gasteiger partial charge in [0, 0.05) is 6.54 Å². The highest BCUT2D eigenvalue weighted by Gasteiger charge is 2.05. The molecule has 0 spiro atoms. The lowest BCUT2D eigenvalue weighted by Gasteiger charge is -2.09. The van der Waals surface area contributed by atoms with Gasteiger partial charge in [-0.15, -0.1) is 0 Å². The van der Waals surface area contributed by atoms with Crippen molar-refractivity contribution in [1.29, 1.82) is 0 Å². The van der Waals surface area contributed by atoms with Gasteiger partial charge in [0.2, 0.25) is 0 Å². The molecule has 0 N–H and O–H groups in total. The van der Waals surface area contributed by atoms with Crippen molar-refractivity contribution in [3.8, 4) is 0 Å². The molecule has 0 saturated heterocycles. The summed E-state index contributed by atoms with van der Waals surface area (Å²) < 4.78 is 1.74. The molecule has 0 unspecified atom stereocenters. The van der Waals surface area contributed by atoms with Gasteiger partial charge >= 0.3 is 0 Å². The third kappa shape index (κ3) is 1.73. The van der Waals surface area contributed by atoms with E-state index in [1.165, 1.54) is 11.8 Å². The van der Waals surface area contributed by atoms with E-state index in [0.717, 1.165) is 11.0 Å². The van der Waals surface area contributed by atoms with Crippen LogP contribution in [0.5, 0.6) is 0 Å². The van der Waals surface area contributed by atoms with Crippen LogP contribution in [0.3, 0.4) is 0 Å². The third-order valence-electron chi connectivity index (χ3n) is 2.85. The zero-order chi connectivity index (χ0) is 11.7. The molecular formula is C13H16N2O. The molecule has 16 heavy (non-hydrogen) atoms. The predicted molar refractivity (Wildman–Crippen MR) is 65.8 cm³/mol. The van der Waals surface area contributed by atoms with Gasteiger partial charge in [-0.05, 0) is 30.5 Å². The van der Waals surface area contributed by atoms with E-state index in [-0.39, 0.29) is 5.56 Å². The fourth-order valence-corrected chi connectivity index (χ4v) is 1.87. The zero-order valence-electron chi connectivity index (χ0n) is 9.90. The summed E-state index contributed by atoms with van der Waals surface area (Å²) in [6, 6.07) is 6.12. The Morgan fingerprint density at radius 2 is 2.12 bits per heavy atom. The molecule has 2 rings (SSSR count). The highest BCUT2D eigenvalue weighted by molar-refractivity contribution is 5.75. The lowest BCUT2D eigenvalue weighted by molar-refractivity contribution is 0.752. The number of nitrogens with zero attached hydrogens (tertiary/aromatic N) is 2. The highest BCUT2D eigenvalue weighted by Crippen LogP contribution is 2.18. The summed E-state index contributed by atoms with van der Waals surface area (Å²) in [6.07, 6.45) is 1.40. The van der Waals surface area contributed by atoms with E-state index in [9.17, 15) is 4.79 Å². The van der Waals surface area contributed by atoms with Crippen LogP contribution < -0.4 is 5.56 Å². The second-order valence-electron chi connectivity index (χ2n) is 4.24.